The van der Waals surface area contributed by atoms with Gasteiger partial charge in [0.1, 0.15) is 5.15 Å². The first kappa shape index (κ1) is 14.3. The molecule has 0 bridgehead atoms. The molecule has 0 aliphatic carbocycles. The van der Waals surface area contributed by atoms with Gasteiger partial charge in [-0.1, -0.05) is 29.8 Å². The third-order valence-corrected chi connectivity index (χ3v) is 3.98. The largest absolute Gasteiger partial charge is 0.379 e. The molecule has 4 nitrogen and oxygen atoms in total. The van der Waals surface area contributed by atoms with Crippen molar-refractivity contribution in [2.45, 2.75) is 25.3 Å². The van der Waals surface area contributed by atoms with Crippen molar-refractivity contribution in [1.82, 2.24) is 10.3 Å². The van der Waals surface area contributed by atoms with E-state index in [-0.39, 0.29) is 11.4 Å². The van der Waals surface area contributed by atoms with Crippen molar-refractivity contribution >= 4 is 28.4 Å². The summed E-state index contributed by atoms with van der Waals surface area (Å²) in [6.07, 6.45) is 1.87. The molecule has 1 amide bonds. The number of hydrogen-bond donors (Lipinski definition) is 1. The molecule has 1 atom stereocenters. The molecule has 1 unspecified atom stereocenters. The van der Waals surface area contributed by atoms with E-state index in [1.54, 1.807) is 6.07 Å². The average Bonchev–Trinajstić information content (AvgIpc) is 2.46. The second kappa shape index (κ2) is 5.62. The van der Waals surface area contributed by atoms with Gasteiger partial charge in [-0.2, -0.15) is 0 Å². The molecule has 5 heteroatoms. The second-order valence-electron chi connectivity index (χ2n) is 5.68. The van der Waals surface area contributed by atoms with E-state index in [2.05, 4.69) is 10.3 Å². The lowest BCUT2D eigenvalue weighted by atomic mass is 9.94. The van der Waals surface area contributed by atoms with Crippen molar-refractivity contribution in [2.24, 2.45) is 0 Å². The Kier molecular flexibility index (Phi) is 3.83. The number of para-hydroxylation sites is 1. The highest BCUT2D eigenvalue weighted by molar-refractivity contribution is 6.30. The molecule has 1 aliphatic heterocycles. The van der Waals surface area contributed by atoms with Crippen molar-refractivity contribution in [3.63, 3.8) is 0 Å². The zero-order chi connectivity index (χ0) is 14.9. The minimum absolute atomic E-state index is 0.136. The first-order valence-corrected chi connectivity index (χ1v) is 7.41. The number of rotatable bonds is 2. The number of hydrogen-bond acceptors (Lipinski definition) is 3. The third kappa shape index (κ3) is 3.01. The Morgan fingerprint density at radius 3 is 3.00 bits per heavy atom. The normalized spacial score (nSPS) is 22.2. The molecule has 1 aliphatic rings. The summed E-state index contributed by atoms with van der Waals surface area (Å²) in [6.45, 7) is 3.31. The number of halogens is 1. The third-order valence-electron chi connectivity index (χ3n) is 3.78. The van der Waals surface area contributed by atoms with Crippen molar-refractivity contribution < 1.29 is 9.53 Å². The van der Waals surface area contributed by atoms with Gasteiger partial charge in [0.2, 0.25) is 0 Å². The number of nitrogens with one attached hydrogen (secondary N) is 1. The summed E-state index contributed by atoms with van der Waals surface area (Å²) in [4.78, 5) is 16.9. The fraction of sp³-hybridized carbons (Fsp3) is 0.375. The van der Waals surface area contributed by atoms with Gasteiger partial charge in [0.05, 0.1) is 23.2 Å². The summed E-state index contributed by atoms with van der Waals surface area (Å²) in [5.74, 6) is -0.136. The molecule has 1 saturated heterocycles. The Morgan fingerprint density at radius 1 is 1.43 bits per heavy atom. The lowest BCUT2D eigenvalue weighted by Gasteiger charge is -2.34. The van der Waals surface area contributed by atoms with Crippen LogP contribution in [0.5, 0.6) is 0 Å². The van der Waals surface area contributed by atoms with Crippen molar-refractivity contribution in [2.75, 3.05) is 13.2 Å². The van der Waals surface area contributed by atoms with Crippen LogP contribution in [0.2, 0.25) is 5.15 Å². The van der Waals surface area contributed by atoms with E-state index in [0.717, 1.165) is 30.4 Å². The van der Waals surface area contributed by atoms with Crippen molar-refractivity contribution in [3.8, 4) is 0 Å². The van der Waals surface area contributed by atoms with Crippen LogP contribution >= 0.6 is 11.6 Å². The van der Waals surface area contributed by atoms with E-state index >= 15 is 0 Å². The van der Waals surface area contributed by atoms with Crippen LogP contribution in [-0.4, -0.2) is 29.6 Å². The number of pyridine rings is 1. The fourth-order valence-electron chi connectivity index (χ4n) is 2.70. The van der Waals surface area contributed by atoms with E-state index in [0.29, 0.717) is 17.3 Å². The van der Waals surface area contributed by atoms with Gasteiger partial charge in [-0.25, -0.2) is 4.98 Å². The van der Waals surface area contributed by atoms with Crippen LogP contribution in [0.1, 0.15) is 30.1 Å². The SMILES string of the molecule is CC1(NC(=O)c2cc(Cl)nc3ccccc23)CCCOC1. The van der Waals surface area contributed by atoms with E-state index in [1.165, 1.54) is 0 Å². The van der Waals surface area contributed by atoms with E-state index in [1.807, 2.05) is 31.2 Å². The van der Waals surface area contributed by atoms with Gasteiger partial charge in [0, 0.05) is 12.0 Å². The number of carbonyl (C=O) groups excluding carboxylic acids is 1. The molecule has 0 radical (unpaired) electrons. The topological polar surface area (TPSA) is 51.2 Å². The summed E-state index contributed by atoms with van der Waals surface area (Å²) >= 11 is 6.03. The Balaban J connectivity index is 1.94. The maximum absolute atomic E-state index is 12.6. The minimum Gasteiger partial charge on any atom is -0.379 e. The Morgan fingerprint density at radius 2 is 2.24 bits per heavy atom. The first-order valence-electron chi connectivity index (χ1n) is 7.03. The molecule has 2 heterocycles. The molecule has 21 heavy (non-hydrogen) atoms. The molecule has 1 N–H and O–H groups in total. The fourth-order valence-corrected chi connectivity index (χ4v) is 2.91. The molecule has 2 aromatic rings. The highest BCUT2D eigenvalue weighted by Gasteiger charge is 2.30. The quantitative estimate of drug-likeness (QED) is 0.867. The highest BCUT2D eigenvalue weighted by Crippen LogP contribution is 2.23. The Hall–Kier alpha value is -1.65. The summed E-state index contributed by atoms with van der Waals surface area (Å²) in [6, 6.07) is 9.12. The van der Waals surface area contributed by atoms with Gasteiger partial charge >= 0.3 is 0 Å². The second-order valence-corrected chi connectivity index (χ2v) is 6.07. The number of fused-ring (bicyclic) bond motifs is 1. The van der Waals surface area contributed by atoms with Gasteiger partial charge in [-0.05, 0) is 31.9 Å². The van der Waals surface area contributed by atoms with Crippen molar-refractivity contribution in [3.05, 3.63) is 41.0 Å². The molecule has 1 aromatic heterocycles. The van der Waals surface area contributed by atoms with Crippen LogP contribution < -0.4 is 5.32 Å². The number of benzene rings is 1. The van der Waals surface area contributed by atoms with Crippen LogP contribution in [0.25, 0.3) is 10.9 Å². The molecule has 110 valence electrons. The predicted molar refractivity (Wildman–Crippen MR) is 82.7 cm³/mol. The Labute approximate surface area is 128 Å². The van der Waals surface area contributed by atoms with Crippen LogP contribution in [0.15, 0.2) is 30.3 Å². The molecule has 0 spiro atoms. The molecular formula is C16H17ClN2O2. The summed E-state index contributed by atoms with van der Waals surface area (Å²) < 4.78 is 5.48. The molecule has 3 rings (SSSR count). The maximum Gasteiger partial charge on any atom is 0.252 e. The van der Waals surface area contributed by atoms with Gasteiger partial charge in [-0.15, -0.1) is 0 Å². The standard InChI is InChI=1S/C16H17ClN2O2/c1-16(7-4-8-21-10-16)19-15(20)12-9-14(17)18-13-6-3-2-5-11(12)13/h2-3,5-6,9H,4,7-8,10H2,1H3,(H,19,20). The molecule has 1 fully saturated rings. The van der Waals surface area contributed by atoms with Gasteiger partial charge in [0.25, 0.3) is 5.91 Å². The van der Waals surface area contributed by atoms with Crippen LogP contribution in [0.3, 0.4) is 0 Å². The van der Waals surface area contributed by atoms with E-state index < -0.39 is 0 Å². The minimum atomic E-state index is -0.327. The van der Waals surface area contributed by atoms with Crippen LogP contribution in [0, 0.1) is 0 Å². The zero-order valence-electron chi connectivity index (χ0n) is 11.9. The first-order chi connectivity index (χ1) is 10.1. The van der Waals surface area contributed by atoms with Crippen LogP contribution in [0.4, 0.5) is 0 Å². The smallest absolute Gasteiger partial charge is 0.252 e. The van der Waals surface area contributed by atoms with Crippen LogP contribution in [-0.2, 0) is 4.74 Å². The van der Waals surface area contributed by atoms with Crippen molar-refractivity contribution in [1.29, 1.82) is 0 Å². The zero-order valence-corrected chi connectivity index (χ0v) is 12.6. The number of amides is 1. The lowest BCUT2D eigenvalue weighted by Crippen LogP contribution is -2.51. The number of nitrogens with zero attached hydrogens (tertiary/aromatic N) is 1. The lowest BCUT2D eigenvalue weighted by molar-refractivity contribution is 0.0273. The summed E-state index contributed by atoms with van der Waals surface area (Å²) in [5.41, 5.74) is 0.948. The summed E-state index contributed by atoms with van der Waals surface area (Å²) in [7, 11) is 0. The summed E-state index contributed by atoms with van der Waals surface area (Å²) in [5, 5.41) is 4.21. The van der Waals surface area contributed by atoms with E-state index in [9.17, 15) is 4.79 Å². The van der Waals surface area contributed by atoms with Gasteiger partial charge in [-0.3, -0.25) is 4.79 Å². The molecule has 1 aromatic carbocycles. The number of carbonyl (C=O) groups is 1. The number of ether oxygens (including phenoxy) is 1. The molecule has 0 saturated carbocycles. The Bertz CT molecular complexity index is 681. The van der Waals surface area contributed by atoms with Gasteiger partial charge < -0.3 is 10.1 Å². The predicted octanol–water partition coefficient (Wildman–Crippen LogP) is 3.19. The molecular weight excluding hydrogens is 288 g/mol. The maximum atomic E-state index is 12.6. The average molecular weight is 305 g/mol. The number of aromatic nitrogens is 1. The van der Waals surface area contributed by atoms with Gasteiger partial charge in [0.15, 0.2) is 0 Å². The monoisotopic (exact) mass is 304 g/mol. The van der Waals surface area contributed by atoms with E-state index in [4.69, 9.17) is 16.3 Å². The highest BCUT2D eigenvalue weighted by atomic mass is 35.5.